The number of hydrogen-bond donors (Lipinski definition) is 0. The summed E-state index contributed by atoms with van der Waals surface area (Å²) in [7, 11) is 4.11. The number of alkyl halides is 2. The highest BCUT2D eigenvalue weighted by Crippen LogP contribution is 2.30. The first-order valence-electron chi connectivity index (χ1n) is 7.94. The van der Waals surface area contributed by atoms with E-state index in [1.165, 1.54) is 45.6 Å². The molecule has 2 rings (SSSR count). The van der Waals surface area contributed by atoms with Gasteiger partial charge in [-0.1, -0.05) is 0 Å². The second-order valence-electron chi connectivity index (χ2n) is 5.31. The minimum Gasteiger partial charge on any atom is -0.497 e. The van der Waals surface area contributed by atoms with E-state index in [1.807, 2.05) is 0 Å². The maximum Gasteiger partial charge on any atom is 0.387 e. The predicted octanol–water partition coefficient (Wildman–Crippen LogP) is 3.35. The number of ether oxygens (including phenoxy) is 5. The lowest BCUT2D eigenvalue weighted by Gasteiger charge is -2.12. The SMILES string of the molecule is COc1ccc(C(=O)COC(=O)c2ccc(OC(F)F)c(OC)c2)c(OC)c1. The van der Waals surface area contributed by atoms with Crippen molar-refractivity contribution in [2.24, 2.45) is 0 Å². The quantitative estimate of drug-likeness (QED) is 0.475. The zero-order valence-corrected chi connectivity index (χ0v) is 15.4. The molecule has 0 aliphatic rings. The third-order valence-electron chi connectivity index (χ3n) is 3.66. The second kappa shape index (κ2) is 9.54. The van der Waals surface area contributed by atoms with Gasteiger partial charge in [0, 0.05) is 6.07 Å². The van der Waals surface area contributed by atoms with Gasteiger partial charge in [0.1, 0.15) is 11.5 Å². The Labute approximate surface area is 159 Å². The summed E-state index contributed by atoms with van der Waals surface area (Å²) in [6.45, 7) is -3.58. The molecule has 28 heavy (non-hydrogen) atoms. The van der Waals surface area contributed by atoms with Crippen molar-refractivity contribution in [3.8, 4) is 23.0 Å². The summed E-state index contributed by atoms with van der Waals surface area (Å²) in [5.41, 5.74) is 0.224. The molecule has 0 unspecified atom stereocenters. The van der Waals surface area contributed by atoms with E-state index in [2.05, 4.69) is 4.74 Å². The van der Waals surface area contributed by atoms with E-state index >= 15 is 0 Å². The minimum absolute atomic E-state index is 0.00737. The molecule has 2 aromatic rings. The van der Waals surface area contributed by atoms with Crippen molar-refractivity contribution in [2.45, 2.75) is 6.61 Å². The van der Waals surface area contributed by atoms with Crippen molar-refractivity contribution >= 4 is 11.8 Å². The fourth-order valence-corrected chi connectivity index (χ4v) is 2.31. The van der Waals surface area contributed by atoms with Gasteiger partial charge in [0.2, 0.25) is 5.78 Å². The fraction of sp³-hybridized carbons (Fsp3) is 0.263. The largest absolute Gasteiger partial charge is 0.497 e. The molecular weight excluding hydrogens is 378 g/mol. The third kappa shape index (κ3) is 5.09. The van der Waals surface area contributed by atoms with Crippen molar-refractivity contribution in [3.05, 3.63) is 47.5 Å². The summed E-state index contributed by atoms with van der Waals surface area (Å²) in [6.07, 6.45) is 0. The van der Waals surface area contributed by atoms with Gasteiger partial charge in [0.05, 0.1) is 32.5 Å². The summed E-state index contributed by atoms with van der Waals surface area (Å²) < 4.78 is 49.1. The highest BCUT2D eigenvalue weighted by molar-refractivity contribution is 6.01. The first kappa shape index (κ1) is 20.9. The van der Waals surface area contributed by atoms with Crippen LogP contribution in [-0.2, 0) is 4.74 Å². The number of carbonyl (C=O) groups excluding carboxylic acids is 2. The molecule has 0 spiro atoms. The molecule has 0 aromatic heterocycles. The average Bonchev–Trinajstić information content (AvgIpc) is 2.70. The molecule has 0 fully saturated rings. The zero-order chi connectivity index (χ0) is 20.7. The lowest BCUT2D eigenvalue weighted by atomic mass is 10.1. The number of hydrogen-bond acceptors (Lipinski definition) is 7. The minimum atomic E-state index is -3.04. The van der Waals surface area contributed by atoms with Gasteiger partial charge in [-0.15, -0.1) is 0 Å². The van der Waals surface area contributed by atoms with Crippen LogP contribution in [0.25, 0.3) is 0 Å². The van der Waals surface area contributed by atoms with Crippen LogP contribution in [0, 0.1) is 0 Å². The molecule has 0 aliphatic carbocycles. The average molecular weight is 396 g/mol. The lowest BCUT2D eigenvalue weighted by Crippen LogP contribution is -2.15. The van der Waals surface area contributed by atoms with Crippen molar-refractivity contribution in [2.75, 3.05) is 27.9 Å². The highest BCUT2D eigenvalue weighted by atomic mass is 19.3. The van der Waals surface area contributed by atoms with Crippen molar-refractivity contribution < 1.29 is 42.1 Å². The summed E-state index contributed by atoms with van der Waals surface area (Å²) in [5, 5.41) is 0. The van der Waals surface area contributed by atoms with Crippen LogP contribution >= 0.6 is 0 Å². The number of halogens is 2. The van der Waals surface area contributed by atoms with Crippen molar-refractivity contribution in [3.63, 3.8) is 0 Å². The number of ketones is 1. The second-order valence-corrected chi connectivity index (χ2v) is 5.31. The van der Waals surface area contributed by atoms with Gasteiger partial charge in [0.15, 0.2) is 18.1 Å². The van der Waals surface area contributed by atoms with Crippen molar-refractivity contribution in [1.29, 1.82) is 0 Å². The van der Waals surface area contributed by atoms with Gasteiger partial charge < -0.3 is 23.7 Å². The van der Waals surface area contributed by atoms with Gasteiger partial charge in [0.25, 0.3) is 0 Å². The van der Waals surface area contributed by atoms with E-state index in [9.17, 15) is 18.4 Å². The number of rotatable bonds is 9. The molecule has 0 saturated carbocycles. The van der Waals surface area contributed by atoms with E-state index in [1.54, 1.807) is 6.07 Å². The van der Waals surface area contributed by atoms with Gasteiger partial charge in [-0.05, 0) is 30.3 Å². The van der Waals surface area contributed by atoms with E-state index in [4.69, 9.17) is 18.9 Å². The highest BCUT2D eigenvalue weighted by Gasteiger charge is 2.18. The van der Waals surface area contributed by atoms with E-state index < -0.39 is 25.0 Å². The molecule has 9 heteroatoms. The van der Waals surface area contributed by atoms with Gasteiger partial charge >= 0.3 is 12.6 Å². The Bertz CT molecular complexity index is 852. The number of esters is 1. The Balaban J connectivity index is 2.08. The Hall–Kier alpha value is -3.36. The molecule has 0 atom stereocenters. The van der Waals surface area contributed by atoms with Gasteiger partial charge in [-0.25, -0.2) is 4.79 Å². The van der Waals surface area contributed by atoms with Crippen molar-refractivity contribution in [1.82, 2.24) is 0 Å². The fourth-order valence-electron chi connectivity index (χ4n) is 2.31. The van der Waals surface area contributed by atoms with Gasteiger partial charge in [-0.2, -0.15) is 8.78 Å². The molecule has 2 aromatic carbocycles. The Kier molecular flexibility index (Phi) is 7.14. The number of carbonyl (C=O) groups is 2. The molecule has 150 valence electrons. The van der Waals surface area contributed by atoms with Crippen LogP contribution < -0.4 is 18.9 Å². The summed E-state index contributed by atoms with van der Waals surface area (Å²) in [5.74, 6) is -0.842. The number of benzene rings is 2. The zero-order valence-electron chi connectivity index (χ0n) is 15.4. The van der Waals surface area contributed by atoms with Crippen LogP contribution in [0.15, 0.2) is 36.4 Å². The molecular formula is C19H18F2O7. The Morgan fingerprint density at radius 1 is 0.893 bits per heavy atom. The standard InChI is InChI=1S/C19H18F2O7/c1-24-12-5-6-13(16(9-12)25-2)14(22)10-27-18(23)11-4-7-15(28-19(20)21)17(8-11)26-3/h4-9,19H,10H2,1-3H3. The molecule has 0 radical (unpaired) electrons. The predicted molar refractivity (Wildman–Crippen MR) is 93.8 cm³/mol. The molecule has 0 N–H and O–H groups in total. The first-order chi connectivity index (χ1) is 13.4. The first-order valence-corrected chi connectivity index (χ1v) is 7.94. The van der Waals surface area contributed by atoms with Crippen LogP contribution in [0.3, 0.4) is 0 Å². The summed E-state index contributed by atoms with van der Waals surface area (Å²) >= 11 is 0. The molecule has 0 bridgehead atoms. The summed E-state index contributed by atoms with van der Waals surface area (Å²) in [6, 6.07) is 8.15. The van der Waals surface area contributed by atoms with Crippen LogP contribution in [0.4, 0.5) is 8.78 Å². The molecule has 0 heterocycles. The number of Topliss-reactive ketones (excluding diaryl/α,β-unsaturated/α-hetero) is 1. The Morgan fingerprint density at radius 3 is 2.21 bits per heavy atom. The maximum absolute atomic E-state index is 12.4. The third-order valence-corrected chi connectivity index (χ3v) is 3.66. The van der Waals surface area contributed by atoms with Gasteiger partial charge in [-0.3, -0.25) is 4.79 Å². The molecule has 0 saturated heterocycles. The topological polar surface area (TPSA) is 80.3 Å². The van der Waals surface area contributed by atoms with E-state index in [0.717, 1.165) is 6.07 Å². The van der Waals surface area contributed by atoms with Crippen LogP contribution in [-0.4, -0.2) is 46.3 Å². The molecule has 0 aliphatic heterocycles. The summed E-state index contributed by atoms with van der Waals surface area (Å²) in [4.78, 5) is 24.5. The smallest absolute Gasteiger partial charge is 0.387 e. The van der Waals surface area contributed by atoms with Crippen LogP contribution in [0.2, 0.25) is 0 Å². The maximum atomic E-state index is 12.4. The normalized spacial score (nSPS) is 10.4. The molecule has 7 nitrogen and oxygen atoms in total. The Morgan fingerprint density at radius 2 is 1.61 bits per heavy atom. The van der Waals surface area contributed by atoms with E-state index in [0.29, 0.717) is 5.75 Å². The number of methoxy groups -OCH3 is 3. The molecule has 0 amide bonds. The van der Waals surface area contributed by atoms with Crippen LogP contribution in [0.5, 0.6) is 23.0 Å². The van der Waals surface area contributed by atoms with E-state index in [-0.39, 0.29) is 28.4 Å². The van der Waals surface area contributed by atoms with Crippen LogP contribution in [0.1, 0.15) is 20.7 Å². The lowest BCUT2D eigenvalue weighted by molar-refractivity contribution is -0.0512. The monoisotopic (exact) mass is 396 g/mol.